The molecule has 0 aromatic heterocycles. The zero-order valence-electron chi connectivity index (χ0n) is 28.1. The van der Waals surface area contributed by atoms with Crippen LogP contribution in [0.5, 0.6) is 0 Å². The smallest absolute Gasteiger partial charge is 0.334 e. The minimum absolute atomic E-state index is 0.0248. The first-order valence-electron chi connectivity index (χ1n) is 18.6. The lowest BCUT2D eigenvalue weighted by Gasteiger charge is -2.24. The van der Waals surface area contributed by atoms with Gasteiger partial charge in [-0.05, 0) is 77.2 Å². The van der Waals surface area contributed by atoms with Crippen LogP contribution in [0.15, 0.2) is 11.6 Å². The van der Waals surface area contributed by atoms with Crippen LogP contribution in [0, 0.1) is 0 Å². The molecule has 0 aromatic carbocycles. The van der Waals surface area contributed by atoms with Crippen molar-refractivity contribution in [2.75, 3.05) is 0 Å². The molecule has 3 rings (SSSR count). The van der Waals surface area contributed by atoms with Gasteiger partial charge in [-0.25, -0.2) is 4.79 Å². The van der Waals surface area contributed by atoms with Crippen LogP contribution in [-0.2, 0) is 19.0 Å². The molecule has 0 aromatic rings. The van der Waals surface area contributed by atoms with Crippen molar-refractivity contribution >= 4 is 5.97 Å². The number of rotatable bonds is 25. The van der Waals surface area contributed by atoms with Gasteiger partial charge in [-0.2, -0.15) is 0 Å². The molecule has 256 valence electrons. The van der Waals surface area contributed by atoms with Crippen molar-refractivity contribution in [3.05, 3.63) is 11.6 Å². The van der Waals surface area contributed by atoms with Crippen molar-refractivity contribution in [3.8, 4) is 0 Å². The summed E-state index contributed by atoms with van der Waals surface area (Å²) in [5, 5.41) is 31.8. The molecule has 0 amide bonds. The fourth-order valence-electron chi connectivity index (χ4n) is 7.27. The third kappa shape index (κ3) is 14.2. The second-order valence-corrected chi connectivity index (χ2v) is 14.0. The first kappa shape index (κ1) is 37.5. The SMILES string of the molecule is CCCCCCCCCC[C@@H](O)[C@H]1CC[C@@H]([C@H]2CC[C@H]([C@H](O)CCCC[C@H](O)CCCCCCCC3=C[C@@H](C)OC3=O)O2)O1. The Morgan fingerprint density at radius 1 is 0.659 bits per heavy atom. The lowest BCUT2D eigenvalue weighted by molar-refractivity contribution is -0.139. The number of cyclic esters (lactones) is 1. The van der Waals surface area contributed by atoms with E-state index in [-0.39, 0.29) is 48.7 Å². The number of carbonyl (C=O) groups excluding carboxylic acids is 1. The van der Waals surface area contributed by atoms with Crippen molar-refractivity contribution in [2.24, 2.45) is 0 Å². The number of aliphatic hydroxyl groups is 3. The number of aliphatic hydroxyl groups excluding tert-OH is 3. The van der Waals surface area contributed by atoms with Gasteiger partial charge in [0, 0.05) is 5.57 Å². The zero-order valence-corrected chi connectivity index (χ0v) is 28.1. The molecule has 2 fully saturated rings. The molecule has 3 N–H and O–H groups in total. The molecular formula is C37H66O7. The molecule has 0 bridgehead atoms. The molecule has 0 unspecified atom stereocenters. The van der Waals surface area contributed by atoms with Crippen molar-refractivity contribution in [2.45, 2.75) is 217 Å². The second kappa shape index (κ2) is 21.7. The maximum Gasteiger partial charge on any atom is 0.334 e. The molecular weight excluding hydrogens is 556 g/mol. The number of carbonyl (C=O) groups is 1. The number of hydrogen-bond acceptors (Lipinski definition) is 7. The summed E-state index contributed by atoms with van der Waals surface area (Å²) in [4.78, 5) is 11.6. The van der Waals surface area contributed by atoms with Gasteiger partial charge in [0.05, 0.1) is 42.7 Å². The van der Waals surface area contributed by atoms with E-state index in [2.05, 4.69) is 6.92 Å². The van der Waals surface area contributed by atoms with E-state index < -0.39 is 6.10 Å². The van der Waals surface area contributed by atoms with E-state index in [1.165, 1.54) is 44.9 Å². The number of unbranched alkanes of at least 4 members (excludes halogenated alkanes) is 12. The van der Waals surface area contributed by atoms with Gasteiger partial charge in [-0.15, -0.1) is 0 Å². The molecule has 0 radical (unpaired) electrons. The number of hydrogen-bond donors (Lipinski definition) is 3. The predicted molar refractivity (Wildman–Crippen MR) is 175 cm³/mol. The van der Waals surface area contributed by atoms with E-state index >= 15 is 0 Å². The maximum atomic E-state index is 11.6. The zero-order chi connectivity index (χ0) is 31.6. The summed E-state index contributed by atoms with van der Waals surface area (Å²) < 4.78 is 17.7. The highest BCUT2D eigenvalue weighted by Gasteiger charge is 2.40. The fraction of sp³-hybridized carbons (Fsp3) is 0.919. The quantitative estimate of drug-likeness (QED) is 0.0703. The first-order chi connectivity index (χ1) is 21.4. The summed E-state index contributed by atoms with van der Waals surface area (Å²) in [6, 6.07) is 0. The monoisotopic (exact) mass is 622 g/mol. The van der Waals surface area contributed by atoms with Gasteiger partial charge in [0.15, 0.2) is 0 Å². The summed E-state index contributed by atoms with van der Waals surface area (Å²) in [7, 11) is 0. The van der Waals surface area contributed by atoms with Crippen LogP contribution in [0.1, 0.15) is 168 Å². The Balaban J connectivity index is 1.14. The Morgan fingerprint density at radius 2 is 1.11 bits per heavy atom. The molecule has 0 aliphatic carbocycles. The Hall–Kier alpha value is -0.990. The van der Waals surface area contributed by atoms with Crippen LogP contribution in [0.4, 0.5) is 0 Å². The maximum absolute atomic E-state index is 11.6. The van der Waals surface area contributed by atoms with Crippen molar-refractivity contribution in [1.29, 1.82) is 0 Å². The van der Waals surface area contributed by atoms with E-state index in [0.29, 0.717) is 6.42 Å². The Morgan fingerprint density at radius 3 is 1.64 bits per heavy atom. The standard InChI is InChI=1S/C37H66O7/c1-3-4-5-6-7-8-12-15-21-31(39)33-23-25-35(43-33)36-26-24-34(44-36)32(40)22-17-16-20-30(38)19-14-11-9-10-13-18-29-27-28(2)42-37(29)41/h27-28,30-36,38-40H,3-26H2,1-2H3/t28-,30-,31-,32-,33-,34-,35+,36-/m1/s1. The van der Waals surface area contributed by atoms with Crippen LogP contribution < -0.4 is 0 Å². The molecule has 0 spiro atoms. The highest BCUT2D eigenvalue weighted by molar-refractivity contribution is 5.90. The minimum Gasteiger partial charge on any atom is -0.455 e. The van der Waals surface area contributed by atoms with Gasteiger partial charge in [0.1, 0.15) is 6.10 Å². The highest BCUT2D eigenvalue weighted by atomic mass is 16.6. The normalized spacial score (nSPS) is 27.4. The molecule has 8 atom stereocenters. The van der Waals surface area contributed by atoms with E-state index in [9.17, 15) is 20.1 Å². The molecule has 0 saturated carbocycles. The van der Waals surface area contributed by atoms with Gasteiger partial charge in [0.25, 0.3) is 0 Å². The van der Waals surface area contributed by atoms with Gasteiger partial charge in [-0.1, -0.05) is 96.8 Å². The largest absolute Gasteiger partial charge is 0.455 e. The van der Waals surface area contributed by atoms with E-state index in [4.69, 9.17) is 14.2 Å². The van der Waals surface area contributed by atoms with Crippen molar-refractivity contribution in [1.82, 2.24) is 0 Å². The van der Waals surface area contributed by atoms with E-state index in [0.717, 1.165) is 108 Å². The molecule has 3 heterocycles. The third-order valence-electron chi connectivity index (χ3n) is 10.1. The fourth-order valence-corrected chi connectivity index (χ4v) is 7.27. The summed E-state index contributed by atoms with van der Waals surface area (Å²) in [5.41, 5.74) is 0.828. The highest BCUT2D eigenvalue weighted by Crippen LogP contribution is 2.34. The number of ether oxygens (including phenoxy) is 3. The van der Waals surface area contributed by atoms with E-state index in [1.54, 1.807) is 0 Å². The minimum atomic E-state index is -0.466. The van der Waals surface area contributed by atoms with Crippen LogP contribution >= 0.6 is 0 Å². The lowest BCUT2D eigenvalue weighted by Crippen LogP contribution is -2.33. The Kier molecular flexibility index (Phi) is 18.5. The summed E-state index contributed by atoms with van der Waals surface area (Å²) >= 11 is 0. The van der Waals surface area contributed by atoms with Crippen LogP contribution in [0.3, 0.4) is 0 Å². The van der Waals surface area contributed by atoms with Gasteiger partial charge in [-0.3, -0.25) is 0 Å². The average molecular weight is 623 g/mol. The first-order valence-corrected chi connectivity index (χ1v) is 18.6. The van der Waals surface area contributed by atoms with Crippen molar-refractivity contribution < 1.29 is 34.3 Å². The molecule has 3 aliphatic rings. The second-order valence-electron chi connectivity index (χ2n) is 14.0. The van der Waals surface area contributed by atoms with E-state index in [1.807, 2.05) is 13.0 Å². The average Bonchev–Trinajstić information content (AvgIpc) is 3.76. The van der Waals surface area contributed by atoms with Gasteiger partial charge < -0.3 is 29.5 Å². The summed E-state index contributed by atoms with van der Waals surface area (Å²) in [6.45, 7) is 4.14. The molecule has 7 nitrogen and oxygen atoms in total. The molecule has 2 saturated heterocycles. The summed E-state index contributed by atoms with van der Waals surface area (Å²) in [6.07, 6.45) is 25.6. The predicted octanol–water partition coefficient (Wildman–Crippen LogP) is 7.86. The van der Waals surface area contributed by atoms with Crippen molar-refractivity contribution in [3.63, 3.8) is 0 Å². The molecule has 3 aliphatic heterocycles. The van der Waals surface area contributed by atoms with Gasteiger partial charge >= 0.3 is 5.97 Å². The lowest BCUT2D eigenvalue weighted by atomic mass is 9.99. The van der Waals surface area contributed by atoms with Crippen LogP contribution in [-0.4, -0.2) is 70.1 Å². The van der Waals surface area contributed by atoms with Gasteiger partial charge in [0.2, 0.25) is 0 Å². The molecule has 7 heteroatoms. The Labute approximate surface area is 268 Å². The summed E-state index contributed by atoms with van der Waals surface area (Å²) in [5.74, 6) is -0.152. The molecule has 44 heavy (non-hydrogen) atoms. The van der Waals surface area contributed by atoms with Crippen LogP contribution in [0.25, 0.3) is 0 Å². The van der Waals surface area contributed by atoms with Crippen LogP contribution in [0.2, 0.25) is 0 Å². The third-order valence-corrected chi connectivity index (χ3v) is 10.1. The topological polar surface area (TPSA) is 105 Å². The number of esters is 1. The Bertz CT molecular complexity index is 801.